The minimum absolute atomic E-state index is 0. The van der Waals surface area contributed by atoms with Gasteiger partial charge in [-0.2, -0.15) is 0 Å². The van der Waals surface area contributed by atoms with Crippen LogP contribution in [-0.2, 0) is 77.0 Å². The molecule has 12 aliphatic heterocycles. The SMILES string of the molecule is C.C.CN1c2ccccc2Cc2c1ccc1c2N(C)c2ccccc2C1.CP.CP.PN1c2ccccc2Cc2c1ccc1c2Cc2ccccc2N1P.PN1c2ccccc2Cc2c1ccc1c2N(P)c2ccccc2C1.PN1c2ccccc2Cc2c1ccc1c2N(P)c2ccccc2C1.PN1c2ccccc2Cc2cc3c(cc21)Cc1ccccc1N3P.PN1c2ccccc2Cc2cc3c(cc21)N(P)c1ccccc1C3. The first-order valence-electron chi connectivity index (χ1n) is 50.4. The van der Waals surface area contributed by atoms with Crippen molar-refractivity contribution in [3.63, 3.8) is 0 Å². The van der Waals surface area contributed by atoms with Crippen LogP contribution in [0.25, 0.3) is 0 Å². The van der Waals surface area contributed by atoms with Gasteiger partial charge in [-0.05, 0) is 332 Å². The highest BCUT2D eigenvalue weighted by atomic mass is 31.0. The smallest absolute Gasteiger partial charge is 0.0533 e. The van der Waals surface area contributed by atoms with E-state index in [1.807, 2.05) is 13.3 Å². The molecule has 752 valence electrons. The van der Waals surface area contributed by atoms with E-state index >= 15 is 0 Å². The monoisotopic (exact) mass is 2180 g/mol. The fraction of sp³-hybridized carbons (Fsp3) is 0.143. The van der Waals surface area contributed by atoms with Gasteiger partial charge in [0, 0.05) is 227 Å². The van der Waals surface area contributed by atoms with E-state index in [-0.39, 0.29) is 14.9 Å². The van der Waals surface area contributed by atoms with E-state index in [0.29, 0.717) is 0 Å². The summed E-state index contributed by atoms with van der Waals surface area (Å²) in [6, 6.07) is 132. The number of fused-ring (bicyclic) bond motifs is 28. The van der Waals surface area contributed by atoms with Crippen LogP contribution in [0.1, 0.15) is 148 Å². The molecule has 0 radical (unpaired) electrons. The Balaban J connectivity index is 0.000000104. The molecule has 12 aliphatic rings. The Kier molecular flexibility index (Phi) is 30.9. The Bertz CT molecular complexity index is 7560. The van der Waals surface area contributed by atoms with Crippen molar-refractivity contribution in [2.24, 2.45) is 0 Å². The Labute approximate surface area is 915 Å². The van der Waals surface area contributed by atoms with Crippen molar-refractivity contribution in [1.82, 2.24) is 0 Å². The third-order valence-corrected chi connectivity index (χ3v) is 36.5. The second kappa shape index (κ2) is 44.4. The standard InChI is InChI=1S/C22H20N2.5C20H18N2P2.2CH5P.2CH4/c1-23-19-9-5-4-8-16(19)14-18-21(23)12-11-17-13-15-7-3-6-10-20(15)24(2)22(17)18;2*23-21-17-7-3-2-6-14(17)12-16-19(21)10-9-15-11-13-5-1-4-8-18(13)22(24)20(15)16;23-21-17-7-3-1-5-13(17)9-15-11-20-16(12-19(15)21)10-14-6-2-4-8-18(14)22(20)24;23-21-17-7-3-1-5-13(17)9-15-11-16-10-14-6-2-4-8-18(14)22(24)20(16)12-19(15)21;23-21-17-7-3-1-5-13(17)11-15-16-12-14-6-2-4-8-18(14)22(24)20(16)10-9-19(15)21;2*1-2;;/h3-12H,13-14H2,1-2H3;2*1-10H,11-12,23-24H2;2*1-8,11-12H,9-10,23-24H2;1-10H,11-12,23-24H2;2*2H2,1H3;2*1H4. The number of para-hydroxylation sites is 12. The van der Waals surface area contributed by atoms with Crippen molar-refractivity contribution in [3.8, 4) is 0 Å². The highest BCUT2D eigenvalue weighted by Crippen LogP contribution is 2.59. The molecule has 0 fully saturated rings. The van der Waals surface area contributed by atoms with E-state index in [1.165, 1.54) is 270 Å². The quantitative estimate of drug-likeness (QED) is 0.136. The van der Waals surface area contributed by atoms with Crippen LogP contribution in [0.4, 0.5) is 136 Å². The summed E-state index contributed by atoms with van der Waals surface area (Å²) in [7, 11) is 38.2. The van der Waals surface area contributed by atoms with Crippen molar-refractivity contribution in [3.05, 3.63) is 498 Å². The topological polar surface area (TPSA) is 38.9 Å². The van der Waals surface area contributed by atoms with Gasteiger partial charge in [-0.1, -0.05) is 271 Å². The molecule has 30 rings (SSSR count). The molecule has 0 saturated carbocycles. The van der Waals surface area contributed by atoms with Gasteiger partial charge in [-0.3, -0.25) is 0 Å². The lowest BCUT2D eigenvalue weighted by Gasteiger charge is -2.37. The second-order valence-corrected chi connectivity index (χ2v) is 44.1. The fourth-order valence-corrected chi connectivity index (χ4v) is 29.0. The van der Waals surface area contributed by atoms with Crippen molar-refractivity contribution >= 4 is 249 Å². The van der Waals surface area contributed by atoms with E-state index in [0.717, 1.165) is 77.0 Å². The average Bonchev–Trinajstić information content (AvgIpc) is 0.775. The molecule has 0 amide bonds. The highest BCUT2D eigenvalue weighted by Gasteiger charge is 2.37. The van der Waals surface area contributed by atoms with Gasteiger partial charge in [0.25, 0.3) is 0 Å². The molecular weight excluding hydrogens is 2050 g/mol. The van der Waals surface area contributed by atoms with Crippen molar-refractivity contribution in [2.45, 2.75) is 91.9 Å². The number of hydrogen-bond acceptors (Lipinski definition) is 12. The normalized spacial score (nSPS) is 14.1. The minimum atomic E-state index is 0. The molecule has 12 nitrogen and oxygen atoms in total. The summed E-state index contributed by atoms with van der Waals surface area (Å²) in [4.78, 5) is 4.72. The largest absolute Gasteiger partial charge is 0.344 e. The summed E-state index contributed by atoms with van der Waals surface area (Å²) in [5.74, 6) is 0. The summed E-state index contributed by atoms with van der Waals surface area (Å²) in [6.07, 6.45) is 12.0. The van der Waals surface area contributed by atoms with Crippen molar-refractivity contribution in [1.29, 1.82) is 0 Å². The molecule has 0 spiro atoms. The molecule has 24 heteroatoms. The van der Waals surface area contributed by atoms with E-state index in [4.69, 9.17) is 0 Å². The minimum Gasteiger partial charge on any atom is -0.344 e. The molecule has 18 aromatic carbocycles. The van der Waals surface area contributed by atoms with Crippen LogP contribution in [0.3, 0.4) is 0 Å². The van der Waals surface area contributed by atoms with Gasteiger partial charge in [-0.25, -0.2) is 0 Å². The Morgan fingerprint density at radius 3 is 0.593 bits per heavy atom. The molecule has 0 aliphatic carbocycles. The van der Waals surface area contributed by atoms with Gasteiger partial charge in [0.2, 0.25) is 0 Å². The lowest BCUT2D eigenvalue weighted by molar-refractivity contribution is 0.992. The maximum atomic E-state index is 2.93. The van der Waals surface area contributed by atoms with Crippen LogP contribution >= 0.6 is 112 Å². The summed E-state index contributed by atoms with van der Waals surface area (Å²) >= 11 is 0. The van der Waals surface area contributed by atoms with E-state index < -0.39 is 0 Å². The molecule has 0 N–H and O–H groups in total. The number of rotatable bonds is 0. The van der Waals surface area contributed by atoms with E-state index in [9.17, 15) is 0 Å². The number of hydrogen-bond donors (Lipinski definition) is 0. The second-order valence-electron chi connectivity index (χ2n) is 39.0. The van der Waals surface area contributed by atoms with Gasteiger partial charge in [-0.15, -0.1) is 18.5 Å². The van der Waals surface area contributed by atoms with Crippen LogP contribution in [0.15, 0.2) is 364 Å². The van der Waals surface area contributed by atoms with Gasteiger partial charge in [0.05, 0.1) is 17.1 Å². The van der Waals surface area contributed by atoms with Crippen LogP contribution in [-0.4, -0.2) is 27.4 Å². The summed E-state index contributed by atoms with van der Waals surface area (Å²) < 4.78 is 22.6. The van der Waals surface area contributed by atoms with Crippen molar-refractivity contribution in [2.75, 3.05) is 83.9 Å². The highest BCUT2D eigenvalue weighted by molar-refractivity contribution is 7.22. The molecule has 12 heterocycles. The molecule has 12 unspecified atom stereocenters. The summed E-state index contributed by atoms with van der Waals surface area (Å²) in [5.41, 5.74) is 64.9. The van der Waals surface area contributed by atoms with Gasteiger partial charge >= 0.3 is 0 Å². The fourth-order valence-electron chi connectivity index (χ4n) is 23.9. The summed E-state index contributed by atoms with van der Waals surface area (Å²) in [5, 5.41) is 0. The van der Waals surface area contributed by atoms with Gasteiger partial charge in [0.15, 0.2) is 0 Å². The zero-order chi connectivity index (χ0) is 102. The predicted molar refractivity (Wildman–Crippen MR) is 689 cm³/mol. The predicted octanol–water partition coefficient (Wildman–Crippen LogP) is 34.0. The first-order chi connectivity index (χ1) is 72.4. The maximum Gasteiger partial charge on any atom is 0.0533 e. The first kappa shape index (κ1) is 104. The lowest BCUT2D eigenvalue weighted by Crippen LogP contribution is -2.25. The molecule has 0 aromatic heterocycles. The molecule has 12 atom stereocenters. The van der Waals surface area contributed by atoms with Gasteiger partial charge in [0.1, 0.15) is 0 Å². The van der Waals surface area contributed by atoms with Crippen LogP contribution in [0, 0.1) is 0 Å². The van der Waals surface area contributed by atoms with Crippen LogP contribution in [0.5, 0.6) is 0 Å². The molecule has 0 bridgehead atoms. The van der Waals surface area contributed by atoms with Gasteiger partial charge < -0.3 is 56.5 Å². The van der Waals surface area contributed by atoms with Crippen molar-refractivity contribution < 1.29 is 0 Å². The average molecular weight is 2180 g/mol. The third-order valence-electron chi connectivity index (χ3n) is 30.9. The molecule has 150 heavy (non-hydrogen) atoms. The third kappa shape index (κ3) is 18.9. The Morgan fingerprint density at radius 1 is 0.133 bits per heavy atom. The van der Waals surface area contributed by atoms with E-state index in [1.54, 1.807) is 0 Å². The van der Waals surface area contributed by atoms with Crippen LogP contribution < -0.4 is 56.5 Å². The van der Waals surface area contributed by atoms with E-state index in [2.05, 4.69) is 547 Å². The first-order valence-corrected chi connectivity index (χ1v) is 57.8. The maximum absolute atomic E-state index is 2.93. The lowest BCUT2D eigenvalue weighted by atomic mass is 9.87. The number of anilines is 24. The Hall–Kier alpha value is -11.3. The Morgan fingerprint density at radius 2 is 0.307 bits per heavy atom. The molecule has 0 saturated heterocycles. The zero-order valence-electron chi connectivity index (χ0n) is 83.4. The molecule has 18 aromatic rings. The van der Waals surface area contributed by atoms with Crippen LogP contribution in [0.2, 0.25) is 0 Å². The number of benzene rings is 18. The number of nitrogens with zero attached hydrogens (tertiary/aromatic N) is 12. The zero-order valence-corrected chi connectivity index (χ0v) is 97.3. The summed E-state index contributed by atoms with van der Waals surface area (Å²) in [6.45, 7) is 3.83. The molecular formula is C126H128N12P12.